The lowest BCUT2D eigenvalue weighted by atomic mass is 10.1. The van der Waals surface area contributed by atoms with Crippen LogP contribution in [-0.4, -0.2) is 47.0 Å². The molecule has 0 heterocycles. The van der Waals surface area contributed by atoms with Gasteiger partial charge in [0.15, 0.2) is 34.5 Å². The topological polar surface area (TPSA) is 83.1 Å². The molecule has 3 aromatic carbocycles. The first kappa shape index (κ1) is 30.5. The van der Waals surface area contributed by atoms with Crippen LogP contribution in [0.15, 0.2) is 54.6 Å². The number of hydrogen-bond acceptors (Lipinski definition) is 9. The molecule has 10 heteroatoms. The summed E-state index contributed by atoms with van der Waals surface area (Å²) in [5.74, 6) is 4.92. The van der Waals surface area contributed by atoms with E-state index in [9.17, 15) is 0 Å². The number of ether oxygens (including phenoxy) is 6. The van der Waals surface area contributed by atoms with E-state index in [0.29, 0.717) is 91.4 Å². The minimum absolute atomic E-state index is 0.462. The Morgan fingerprint density at radius 2 is 0.625 bits per heavy atom. The summed E-state index contributed by atoms with van der Waals surface area (Å²) in [6, 6.07) is 15.9. The molecule has 0 unspecified atom stereocenters. The van der Waals surface area contributed by atoms with E-state index in [1.165, 1.54) is 0 Å². The van der Waals surface area contributed by atoms with Gasteiger partial charge in [0, 0.05) is 18.2 Å². The van der Waals surface area contributed by atoms with Crippen molar-refractivity contribution in [3.05, 3.63) is 54.6 Å². The van der Waals surface area contributed by atoms with Crippen LogP contribution in [0.25, 0.3) is 0 Å². The Labute approximate surface area is 237 Å². The Kier molecular flexibility index (Phi) is 12.3. The van der Waals surface area contributed by atoms with Crippen molar-refractivity contribution in [2.24, 2.45) is 0 Å². The quantitative estimate of drug-likeness (QED) is 0.162. The summed E-state index contributed by atoms with van der Waals surface area (Å²) >= 11 is 0. The van der Waals surface area contributed by atoms with E-state index < -0.39 is 7.32 Å². The molecule has 0 spiro atoms. The first-order valence-corrected chi connectivity index (χ1v) is 13.7. The smallest absolute Gasteiger partial charge is 0.490 e. The van der Waals surface area contributed by atoms with E-state index in [0.717, 1.165) is 0 Å². The largest absolute Gasteiger partial charge is 0.864 e. The van der Waals surface area contributed by atoms with Crippen molar-refractivity contribution in [2.45, 2.75) is 41.5 Å². The number of hydrogen-bond donors (Lipinski definition) is 0. The van der Waals surface area contributed by atoms with Crippen LogP contribution in [0.1, 0.15) is 41.5 Å². The van der Waals surface area contributed by atoms with E-state index in [2.05, 4.69) is 0 Å². The highest BCUT2D eigenvalue weighted by Gasteiger charge is 2.32. The molecule has 0 fully saturated rings. The standard InChI is InChI=1S/C30H39BO9/c1-7-32-25-16-13-22(19-28(25)35-10-4)38-31(39-23-14-17-26(33-8-2)29(20-23)36-11-5)40-24-15-18-27(34-9-3)30(21-24)37-12-6/h13-21H,7-12H2,1-6H3. The van der Waals surface area contributed by atoms with Crippen LogP contribution >= 0.6 is 0 Å². The first-order valence-electron chi connectivity index (χ1n) is 13.7. The molecule has 3 aromatic rings. The second-order valence-corrected chi connectivity index (χ2v) is 8.07. The average Bonchev–Trinajstić information content (AvgIpc) is 2.94. The first-order chi connectivity index (χ1) is 19.5. The number of benzene rings is 3. The third kappa shape index (κ3) is 8.72. The Bertz CT molecular complexity index is 1040. The molecule has 0 aliphatic carbocycles. The molecule has 0 N–H and O–H groups in total. The normalized spacial score (nSPS) is 10.3. The summed E-state index contributed by atoms with van der Waals surface area (Å²) in [6.45, 7) is 14.4. The Hall–Kier alpha value is -4.08. The Morgan fingerprint density at radius 1 is 0.375 bits per heavy atom. The van der Waals surface area contributed by atoms with Crippen LogP contribution in [0.5, 0.6) is 51.7 Å². The summed E-state index contributed by atoms with van der Waals surface area (Å²) in [6.07, 6.45) is 0. The van der Waals surface area contributed by atoms with Gasteiger partial charge in [-0.05, 0) is 77.9 Å². The second-order valence-electron chi connectivity index (χ2n) is 8.07. The maximum Gasteiger partial charge on any atom is 0.864 e. The number of rotatable bonds is 18. The van der Waals surface area contributed by atoms with Crippen LogP contribution in [0.4, 0.5) is 0 Å². The Morgan fingerprint density at radius 3 is 0.875 bits per heavy atom. The molecule has 40 heavy (non-hydrogen) atoms. The fourth-order valence-corrected chi connectivity index (χ4v) is 3.72. The third-order valence-electron chi connectivity index (χ3n) is 5.24. The molecular formula is C30H39BO9. The molecule has 0 radical (unpaired) electrons. The lowest BCUT2D eigenvalue weighted by molar-refractivity contribution is 0.277. The maximum absolute atomic E-state index is 6.17. The van der Waals surface area contributed by atoms with Crippen molar-refractivity contribution < 1.29 is 42.4 Å². The van der Waals surface area contributed by atoms with Crippen molar-refractivity contribution in [3.8, 4) is 51.7 Å². The minimum Gasteiger partial charge on any atom is -0.490 e. The molecule has 0 saturated carbocycles. The van der Waals surface area contributed by atoms with E-state index in [1.54, 1.807) is 54.6 Å². The fourth-order valence-electron chi connectivity index (χ4n) is 3.72. The van der Waals surface area contributed by atoms with Crippen LogP contribution < -0.4 is 42.4 Å². The zero-order valence-electron chi connectivity index (χ0n) is 24.2. The van der Waals surface area contributed by atoms with E-state index in [1.807, 2.05) is 41.5 Å². The van der Waals surface area contributed by atoms with Gasteiger partial charge >= 0.3 is 7.32 Å². The monoisotopic (exact) mass is 554 g/mol. The molecule has 9 nitrogen and oxygen atoms in total. The molecule has 0 aromatic heterocycles. The average molecular weight is 554 g/mol. The molecule has 0 aliphatic rings. The van der Waals surface area contributed by atoms with Crippen LogP contribution in [0.2, 0.25) is 0 Å². The Balaban J connectivity index is 1.94. The van der Waals surface area contributed by atoms with Gasteiger partial charge in [-0.2, -0.15) is 0 Å². The van der Waals surface area contributed by atoms with Gasteiger partial charge in [-0.25, -0.2) is 0 Å². The van der Waals surface area contributed by atoms with Crippen LogP contribution in [-0.2, 0) is 0 Å². The molecule has 0 amide bonds. The highest BCUT2D eigenvalue weighted by atomic mass is 16.7. The summed E-state index contributed by atoms with van der Waals surface area (Å²) in [4.78, 5) is 0. The zero-order valence-corrected chi connectivity index (χ0v) is 24.2. The second kappa shape index (κ2) is 16.1. The summed E-state index contributed by atoms with van der Waals surface area (Å²) in [5, 5.41) is 0. The van der Waals surface area contributed by atoms with Crippen LogP contribution in [0.3, 0.4) is 0 Å². The van der Waals surface area contributed by atoms with Gasteiger partial charge in [-0.1, -0.05) is 0 Å². The lowest BCUT2D eigenvalue weighted by Gasteiger charge is -2.19. The summed E-state index contributed by atoms with van der Waals surface area (Å²) in [7, 11) is -1.19. The van der Waals surface area contributed by atoms with Gasteiger partial charge in [0.25, 0.3) is 0 Å². The minimum atomic E-state index is -1.19. The third-order valence-corrected chi connectivity index (χ3v) is 5.24. The lowest BCUT2D eigenvalue weighted by Crippen LogP contribution is -2.37. The SMILES string of the molecule is CCOc1ccc(OB(Oc2ccc(OCC)c(OCC)c2)Oc2ccc(OCC)c(OCC)c2)cc1OCC. The zero-order chi connectivity index (χ0) is 28.7. The van der Waals surface area contributed by atoms with Crippen molar-refractivity contribution in [1.82, 2.24) is 0 Å². The fraction of sp³-hybridized carbons (Fsp3) is 0.400. The van der Waals surface area contributed by atoms with Crippen molar-refractivity contribution >= 4 is 7.32 Å². The van der Waals surface area contributed by atoms with Gasteiger partial charge in [0.2, 0.25) is 0 Å². The highest BCUT2D eigenvalue weighted by Crippen LogP contribution is 2.35. The van der Waals surface area contributed by atoms with Crippen molar-refractivity contribution in [3.63, 3.8) is 0 Å². The molecular weight excluding hydrogens is 515 g/mol. The molecule has 0 atom stereocenters. The molecule has 3 rings (SSSR count). The van der Waals surface area contributed by atoms with Gasteiger partial charge in [-0.15, -0.1) is 0 Å². The van der Waals surface area contributed by atoms with Gasteiger partial charge < -0.3 is 42.4 Å². The van der Waals surface area contributed by atoms with Crippen molar-refractivity contribution in [1.29, 1.82) is 0 Å². The van der Waals surface area contributed by atoms with Crippen LogP contribution in [0, 0.1) is 0 Å². The molecule has 0 bridgehead atoms. The van der Waals surface area contributed by atoms with E-state index in [-0.39, 0.29) is 0 Å². The van der Waals surface area contributed by atoms with E-state index in [4.69, 9.17) is 42.4 Å². The summed E-state index contributed by atoms with van der Waals surface area (Å²) < 4.78 is 52.8. The van der Waals surface area contributed by atoms with Crippen molar-refractivity contribution in [2.75, 3.05) is 39.6 Å². The van der Waals surface area contributed by atoms with E-state index >= 15 is 0 Å². The molecule has 216 valence electrons. The summed E-state index contributed by atoms with van der Waals surface area (Å²) in [5.41, 5.74) is 0. The predicted molar refractivity (Wildman–Crippen MR) is 154 cm³/mol. The molecule has 0 aliphatic heterocycles. The maximum atomic E-state index is 6.17. The molecule has 0 saturated heterocycles. The van der Waals surface area contributed by atoms with Gasteiger partial charge in [0.1, 0.15) is 17.2 Å². The van der Waals surface area contributed by atoms with Gasteiger partial charge in [0.05, 0.1) is 39.6 Å². The highest BCUT2D eigenvalue weighted by molar-refractivity contribution is 6.39. The van der Waals surface area contributed by atoms with Gasteiger partial charge in [-0.3, -0.25) is 0 Å². The predicted octanol–water partition coefficient (Wildman–Crippen LogP) is 6.60.